The molecule has 0 spiro atoms. The number of ether oxygens (including phenoxy) is 1. The number of thioether (sulfide) groups is 2. The summed E-state index contributed by atoms with van der Waals surface area (Å²) in [5, 5.41) is 3.05. The molecule has 0 atom stereocenters. The number of nitrogens with two attached hydrogens (primary N) is 1. The first-order valence-electron chi connectivity index (χ1n) is 8.71. The van der Waals surface area contributed by atoms with Crippen LogP contribution in [0.1, 0.15) is 42.2 Å². The van der Waals surface area contributed by atoms with Gasteiger partial charge in [0.05, 0.1) is 4.58 Å². The second kappa shape index (κ2) is 9.02. The van der Waals surface area contributed by atoms with Crippen molar-refractivity contribution in [1.29, 1.82) is 0 Å². The molecule has 3 rings (SSSR count). The number of benzene rings is 1. The van der Waals surface area contributed by atoms with Gasteiger partial charge in [-0.2, -0.15) is 0 Å². The summed E-state index contributed by atoms with van der Waals surface area (Å²) in [6.45, 7) is 0.0782. The standard InChI is InChI=1S/C18H26N2O2S2/c19-14-4-6-15(7-5-14)20-17(21)12-22-16-8-2-13(3-9-16)18-23-10-1-11-24-18/h2-3,8-9,14-15,18H,1,4-7,10-12,19H2,(H,20,21). The van der Waals surface area contributed by atoms with E-state index in [9.17, 15) is 4.79 Å². The molecule has 132 valence electrons. The van der Waals surface area contributed by atoms with E-state index in [0.29, 0.717) is 10.6 Å². The summed E-state index contributed by atoms with van der Waals surface area (Å²) in [4.78, 5) is 12.0. The Morgan fingerprint density at radius 1 is 1.12 bits per heavy atom. The lowest BCUT2D eigenvalue weighted by atomic mass is 9.92. The maximum Gasteiger partial charge on any atom is 0.258 e. The lowest BCUT2D eigenvalue weighted by Crippen LogP contribution is -2.42. The number of carbonyl (C=O) groups excluding carboxylic acids is 1. The Bertz CT molecular complexity index is 524. The van der Waals surface area contributed by atoms with Gasteiger partial charge in [0, 0.05) is 12.1 Å². The van der Waals surface area contributed by atoms with Crippen molar-refractivity contribution in [2.75, 3.05) is 18.1 Å². The van der Waals surface area contributed by atoms with Gasteiger partial charge in [-0.05, 0) is 61.3 Å². The lowest BCUT2D eigenvalue weighted by Gasteiger charge is -2.26. The van der Waals surface area contributed by atoms with Gasteiger partial charge in [-0.15, -0.1) is 23.5 Å². The second-order valence-corrected chi connectivity index (χ2v) is 9.19. The van der Waals surface area contributed by atoms with Crippen LogP contribution in [0.5, 0.6) is 5.75 Å². The summed E-state index contributed by atoms with van der Waals surface area (Å²) < 4.78 is 6.16. The lowest BCUT2D eigenvalue weighted by molar-refractivity contribution is -0.124. The van der Waals surface area contributed by atoms with Crippen LogP contribution in [-0.4, -0.2) is 36.1 Å². The molecule has 1 saturated heterocycles. The van der Waals surface area contributed by atoms with Crippen molar-refractivity contribution in [2.45, 2.75) is 48.8 Å². The molecular formula is C18H26N2O2S2. The number of nitrogens with one attached hydrogen (secondary N) is 1. The first-order chi connectivity index (χ1) is 11.7. The van der Waals surface area contributed by atoms with Crippen LogP contribution in [0, 0.1) is 0 Å². The molecule has 1 heterocycles. The van der Waals surface area contributed by atoms with E-state index < -0.39 is 0 Å². The molecule has 2 aliphatic rings. The Balaban J connectivity index is 1.41. The summed E-state index contributed by atoms with van der Waals surface area (Å²) in [6, 6.07) is 8.73. The molecule has 0 aromatic heterocycles. The first-order valence-corrected chi connectivity index (χ1v) is 10.8. The molecule has 3 N–H and O–H groups in total. The molecule has 6 heteroatoms. The molecule has 4 nitrogen and oxygen atoms in total. The Hall–Kier alpha value is -0.850. The normalized spacial score (nSPS) is 25.2. The molecule has 1 saturated carbocycles. The molecule has 1 aromatic rings. The minimum atomic E-state index is -0.0436. The minimum absolute atomic E-state index is 0.0436. The Kier molecular flexibility index (Phi) is 6.75. The third kappa shape index (κ3) is 5.33. The molecule has 2 fully saturated rings. The molecule has 0 radical (unpaired) electrons. The fourth-order valence-corrected chi connectivity index (χ4v) is 5.98. The Morgan fingerprint density at radius 3 is 2.46 bits per heavy atom. The van der Waals surface area contributed by atoms with E-state index in [4.69, 9.17) is 10.5 Å². The highest BCUT2D eigenvalue weighted by Crippen LogP contribution is 2.43. The van der Waals surface area contributed by atoms with Gasteiger partial charge in [-0.25, -0.2) is 0 Å². The zero-order valence-electron chi connectivity index (χ0n) is 13.9. The Morgan fingerprint density at radius 2 is 1.79 bits per heavy atom. The monoisotopic (exact) mass is 366 g/mol. The maximum absolute atomic E-state index is 12.0. The van der Waals surface area contributed by atoms with Crippen molar-refractivity contribution in [3.05, 3.63) is 29.8 Å². The van der Waals surface area contributed by atoms with Gasteiger partial charge >= 0.3 is 0 Å². The molecular weight excluding hydrogens is 340 g/mol. The van der Waals surface area contributed by atoms with E-state index in [0.717, 1.165) is 31.4 Å². The van der Waals surface area contributed by atoms with E-state index in [1.807, 2.05) is 35.7 Å². The Labute approximate surface area is 152 Å². The molecule has 1 amide bonds. The van der Waals surface area contributed by atoms with Crippen LogP contribution in [0.25, 0.3) is 0 Å². The quantitative estimate of drug-likeness (QED) is 0.837. The van der Waals surface area contributed by atoms with Crippen molar-refractivity contribution in [1.82, 2.24) is 5.32 Å². The van der Waals surface area contributed by atoms with Gasteiger partial charge in [0.25, 0.3) is 5.91 Å². The number of carbonyl (C=O) groups is 1. The summed E-state index contributed by atoms with van der Waals surface area (Å²) >= 11 is 4.02. The first kappa shape index (κ1) is 18.0. The molecule has 0 bridgehead atoms. The van der Waals surface area contributed by atoms with Crippen LogP contribution in [-0.2, 0) is 4.79 Å². The average Bonchev–Trinajstić information content (AvgIpc) is 2.63. The highest BCUT2D eigenvalue weighted by Gasteiger charge is 2.20. The van der Waals surface area contributed by atoms with E-state index in [1.54, 1.807) is 0 Å². The second-order valence-electron chi connectivity index (χ2n) is 6.46. The average molecular weight is 367 g/mol. The van der Waals surface area contributed by atoms with Crippen LogP contribution in [0.3, 0.4) is 0 Å². The van der Waals surface area contributed by atoms with Gasteiger partial charge in [0.15, 0.2) is 6.61 Å². The number of amides is 1. The van der Waals surface area contributed by atoms with Crippen molar-refractivity contribution in [2.24, 2.45) is 5.73 Å². The van der Waals surface area contributed by atoms with E-state index in [-0.39, 0.29) is 18.6 Å². The molecule has 0 unspecified atom stereocenters. The summed E-state index contributed by atoms with van der Waals surface area (Å²) in [5.74, 6) is 3.19. The third-order valence-corrected chi connectivity index (χ3v) is 7.50. The van der Waals surface area contributed by atoms with Gasteiger partial charge in [0.2, 0.25) is 0 Å². The van der Waals surface area contributed by atoms with Crippen LogP contribution in [0.2, 0.25) is 0 Å². The molecule has 1 aliphatic heterocycles. The SMILES string of the molecule is NC1CCC(NC(=O)COc2ccc(C3SCCCS3)cc2)CC1. The van der Waals surface area contributed by atoms with Crippen LogP contribution < -0.4 is 15.8 Å². The summed E-state index contributed by atoms with van der Waals surface area (Å²) in [6.07, 6.45) is 5.22. The molecule has 1 aliphatic carbocycles. The highest BCUT2D eigenvalue weighted by atomic mass is 32.2. The summed E-state index contributed by atoms with van der Waals surface area (Å²) in [7, 11) is 0. The predicted octanol–water partition coefficient (Wildman–Crippen LogP) is 3.32. The smallest absolute Gasteiger partial charge is 0.258 e. The maximum atomic E-state index is 12.0. The number of hydrogen-bond acceptors (Lipinski definition) is 5. The summed E-state index contributed by atoms with van der Waals surface area (Å²) in [5.41, 5.74) is 7.22. The van der Waals surface area contributed by atoms with Crippen molar-refractivity contribution in [3.8, 4) is 5.75 Å². The van der Waals surface area contributed by atoms with Crippen LogP contribution in [0.15, 0.2) is 24.3 Å². The van der Waals surface area contributed by atoms with Crippen molar-refractivity contribution in [3.63, 3.8) is 0 Å². The van der Waals surface area contributed by atoms with E-state index >= 15 is 0 Å². The van der Waals surface area contributed by atoms with Crippen molar-refractivity contribution < 1.29 is 9.53 Å². The molecule has 24 heavy (non-hydrogen) atoms. The fourth-order valence-electron chi connectivity index (χ4n) is 3.08. The fraction of sp³-hybridized carbons (Fsp3) is 0.611. The number of rotatable bonds is 5. The zero-order chi connectivity index (χ0) is 16.8. The van der Waals surface area contributed by atoms with Gasteiger partial charge in [-0.3, -0.25) is 4.79 Å². The zero-order valence-corrected chi connectivity index (χ0v) is 15.5. The van der Waals surface area contributed by atoms with Crippen LogP contribution in [0.4, 0.5) is 0 Å². The number of hydrogen-bond donors (Lipinski definition) is 2. The predicted molar refractivity (Wildman–Crippen MR) is 103 cm³/mol. The molecule has 1 aromatic carbocycles. The largest absolute Gasteiger partial charge is 0.484 e. The topological polar surface area (TPSA) is 64.3 Å². The third-order valence-electron chi connectivity index (χ3n) is 4.49. The van der Waals surface area contributed by atoms with E-state index in [1.165, 1.54) is 23.5 Å². The minimum Gasteiger partial charge on any atom is -0.484 e. The van der Waals surface area contributed by atoms with Crippen molar-refractivity contribution >= 4 is 29.4 Å². The van der Waals surface area contributed by atoms with Crippen LogP contribution >= 0.6 is 23.5 Å². The van der Waals surface area contributed by atoms with Gasteiger partial charge in [-0.1, -0.05) is 12.1 Å². The van der Waals surface area contributed by atoms with Gasteiger partial charge in [0.1, 0.15) is 5.75 Å². The van der Waals surface area contributed by atoms with Gasteiger partial charge < -0.3 is 15.8 Å². The highest BCUT2D eigenvalue weighted by molar-refractivity contribution is 8.16. The van der Waals surface area contributed by atoms with E-state index in [2.05, 4.69) is 17.4 Å².